The van der Waals surface area contributed by atoms with Gasteiger partial charge in [0.25, 0.3) is 11.7 Å². The zero-order valence-electron chi connectivity index (χ0n) is 24.7. The lowest BCUT2D eigenvalue weighted by molar-refractivity contribution is -0.123. The van der Waals surface area contributed by atoms with Crippen molar-refractivity contribution in [1.82, 2.24) is 4.57 Å². The molecule has 4 rings (SSSR count). The molecule has 0 aliphatic carbocycles. The van der Waals surface area contributed by atoms with Gasteiger partial charge >= 0.3 is 10.1 Å². The number of halogens is 2. The minimum Gasteiger partial charge on any atom is -0.367 e. The molecule has 11 nitrogen and oxygen atoms in total. The van der Waals surface area contributed by atoms with Gasteiger partial charge in [-0.1, -0.05) is 24.3 Å². The summed E-state index contributed by atoms with van der Waals surface area (Å²) >= 11 is 12.1. The summed E-state index contributed by atoms with van der Waals surface area (Å²) in [6.45, 7) is 1.08. The van der Waals surface area contributed by atoms with E-state index in [0.717, 1.165) is 17.1 Å². The van der Waals surface area contributed by atoms with Crippen LogP contribution in [-0.4, -0.2) is 78.3 Å². The van der Waals surface area contributed by atoms with E-state index in [4.69, 9.17) is 23.2 Å². The quantitative estimate of drug-likeness (QED) is 0.112. The van der Waals surface area contributed by atoms with Crippen LogP contribution in [0.15, 0.2) is 67.0 Å². The topological polar surface area (TPSA) is 136 Å². The maximum atomic E-state index is 14.4. The van der Waals surface area contributed by atoms with Crippen molar-refractivity contribution < 1.29 is 22.6 Å². The lowest BCUT2D eigenvalue weighted by Crippen LogP contribution is -2.59. The van der Waals surface area contributed by atoms with Crippen LogP contribution in [0.5, 0.6) is 0 Å². The van der Waals surface area contributed by atoms with Crippen LogP contribution in [0.3, 0.4) is 0 Å². The molecule has 4 N–H and O–H groups in total. The van der Waals surface area contributed by atoms with E-state index < -0.39 is 37.3 Å². The molecule has 0 saturated heterocycles. The highest BCUT2D eigenvalue weighted by Gasteiger charge is 2.50. The number of hydrogen-bond donors (Lipinski definition) is 4. The molecule has 15 heteroatoms. The Bertz CT molecular complexity index is 1580. The summed E-state index contributed by atoms with van der Waals surface area (Å²) in [4.78, 5) is 31.0. The molecule has 2 heterocycles. The highest BCUT2D eigenvalue weighted by molar-refractivity contribution is 8.09. The van der Waals surface area contributed by atoms with E-state index in [9.17, 15) is 22.6 Å². The third-order valence-corrected chi connectivity index (χ3v) is 11.8. The number of aromatic nitrogens is 1. The fourth-order valence-corrected chi connectivity index (χ4v) is 8.63. The maximum Gasteiger partial charge on any atom is 0.314 e. The average Bonchev–Trinajstić information content (AvgIpc) is 3.55. The van der Waals surface area contributed by atoms with Crippen LogP contribution in [0.2, 0.25) is 0 Å². The van der Waals surface area contributed by atoms with Gasteiger partial charge in [0.15, 0.2) is 0 Å². The summed E-state index contributed by atoms with van der Waals surface area (Å²) in [7, 11) is -3.11. The van der Waals surface area contributed by atoms with Gasteiger partial charge in [0.2, 0.25) is 10.5 Å². The Labute approximate surface area is 271 Å². The van der Waals surface area contributed by atoms with Crippen molar-refractivity contribution in [3.63, 3.8) is 0 Å². The smallest absolute Gasteiger partial charge is 0.314 e. The zero-order chi connectivity index (χ0) is 32.1. The van der Waals surface area contributed by atoms with E-state index in [1.807, 2.05) is 58.3 Å². The Morgan fingerprint density at radius 1 is 1.05 bits per heavy atom. The number of nitrogens with zero attached hydrogens (tertiary/aromatic N) is 3. The summed E-state index contributed by atoms with van der Waals surface area (Å²) in [5, 5.41) is 9.27. The van der Waals surface area contributed by atoms with Crippen LogP contribution < -0.4 is 25.8 Å². The number of carbonyl (C=O) groups excluding carboxylic acids is 2. The number of rotatable bonds is 14. The number of fused-ring (bicyclic) bond motifs is 1. The van der Waals surface area contributed by atoms with Crippen LogP contribution >= 0.6 is 23.2 Å². The van der Waals surface area contributed by atoms with Crippen molar-refractivity contribution >= 4 is 84.5 Å². The maximum absolute atomic E-state index is 14.4. The van der Waals surface area contributed by atoms with E-state index in [1.54, 1.807) is 42.6 Å². The Morgan fingerprint density at radius 3 is 2.34 bits per heavy atom. The van der Waals surface area contributed by atoms with Gasteiger partial charge < -0.3 is 30.3 Å². The number of hydrogen-bond acceptors (Lipinski definition) is 7. The predicted molar refractivity (Wildman–Crippen MR) is 182 cm³/mol. The van der Waals surface area contributed by atoms with Gasteiger partial charge in [-0.3, -0.25) is 14.1 Å². The monoisotopic (exact) mass is 683 g/mol. The highest BCUT2D eigenvalue weighted by atomic mass is 35.5. The molecular weight excluding hydrogens is 647 g/mol. The van der Waals surface area contributed by atoms with Crippen molar-refractivity contribution in [1.29, 1.82) is 0 Å². The van der Waals surface area contributed by atoms with Gasteiger partial charge in [-0.2, -0.15) is 8.42 Å². The number of benzene rings is 2. The molecule has 0 spiro atoms. The molecule has 3 aromatic rings. The van der Waals surface area contributed by atoms with Crippen molar-refractivity contribution in [2.24, 2.45) is 0 Å². The molecular formula is C29H37Cl2N6O5S2+. The fourth-order valence-electron chi connectivity index (χ4n) is 5.28. The minimum absolute atomic E-state index is 0.0166. The third kappa shape index (κ3) is 7.23. The lowest BCUT2D eigenvalue weighted by atomic mass is 10.2. The molecule has 2 amide bonds. The van der Waals surface area contributed by atoms with Gasteiger partial charge in [0, 0.05) is 68.0 Å². The van der Waals surface area contributed by atoms with E-state index in [2.05, 4.69) is 16.0 Å². The highest BCUT2D eigenvalue weighted by Crippen LogP contribution is 2.43. The molecule has 44 heavy (non-hydrogen) atoms. The van der Waals surface area contributed by atoms with Crippen molar-refractivity contribution in [3.8, 4) is 0 Å². The Balaban J connectivity index is 1.63. The van der Waals surface area contributed by atoms with Crippen molar-refractivity contribution in [2.75, 3.05) is 70.2 Å². The average molecular weight is 685 g/mol. The minimum atomic E-state index is -4.28. The van der Waals surface area contributed by atoms with Gasteiger partial charge in [-0.05, 0) is 30.3 Å². The van der Waals surface area contributed by atoms with E-state index in [-0.39, 0.29) is 18.7 Å². The molecule has 2 atom stereocenters. The molecule has 1 aromatic heterocycles. The lowest BCUT2D eigenvalue weighted by Gasteiger charge is -2.37. The Kier molecular flexibility index (Phi) is 11.0. The number of anilines is 5. The predicted octanol–water partition coefficient (Wildman–Crippen LogP) is 4.39. The van der Waals surface area contributed by atoms with Crippen LogP contribution in [0, 0.1) is 0 Å². The second-order valence-corrected chi connectivity index (χ2v) is 15.4. The number of para-hydroxylation sites is 4. The molecule has 0 saturated carbocycles. The first kappa shape index (κ1) is 33.8. The van der Waals surface area contributed by atoms with Gasteiger partial charge in [-0.25, -0.2) is 0 Å². The summed E-state index contributed by atoms with van der Waals surface area (Å²) in [6.07, 6.45) is 6.60. The molecule has 0 radical (unpaired) electrons. The summed E-state index contributed by atoms with van der Waals surface area (Å²) < 4.78 is 33.7. The second kappa shape index (κ2) is 14.3. The number of alkyl halides is 2. The second-order valence-electron chi connectivity index (χ2n) is 10.4. The van der Waals surface area contributed by atoms with Crippen LogP contribution in [0.1, 0.15) is 12.8 Å². The summed E-state index contributed by atoms with van der Waals surface area (Å²) in [5.74, 6) is -1.49. The van der Waals surface area contributed by atoms with Gasteiger partial charge in [0.1, 0.15) is 0 Å². The molecule has 238 valence electrons. The zero-order valence-corrected chi connectivity index (χ0v) is 27.8. The van der Waals surface area contributed by atoms with Crippen molar-refractivity contribution in [3.05, 3.63) is 67.0 Å². The van der Waals surface area contributed by atoms with E-state index in [1.165, 1.54) is 0 Å². The van der Waals surface area contributed by atoms with Gasteiger partial charge in [0.05, 0.1) is 40.9 Å². The van der Waals surface area contributed by atoms with E-state index >= 15 is 0 Å². The number of amides is 2. The molecule has 0 fully saturated rings. The Morgan fingerprint density at radius 2 is 1.70 bits per heavy atom. The van der Waals surface area contributed by atoms with Crippen LogP contribution in [-0.2, 0) is 36.4 Å². The van der Waals surface area contributed by atoms with Crippen LogP contribution in [0.25, 0.3) is 0 Å². The summed E-state index contributed by atoms with van der Waals surface area (Å²) in [6, 6.07) is 16.6. The number of likely N-dealkylation sites (N-methyl/N-ethyl adjacent to an activating group) is 1. The largest absolute Gasteiger partial charge is 0.367 e. The van der Waals surface area contributed by atoms with E-state index in [0.29, 0.717) is 36.2 Å². The molecule has 1 aliphatic rings. The van der Waals surface area contributed by atoms with Crippen LogP contribution in [0.4, 0.5) is 28.4 Å². The van der Waals surface area contributed by atoms with Crippen molar-refractivity contribution in [2.45, 2.75) is 23.2 Å². The summed E-state index contributed by atoms with van der Waals surface area (Å²) in [5.41, 5.74) is 3.32. The standard InChI is InChI=1S/C29H36Cl2N6O5S2/c1-35-24-10-6-5-9-23(24)34-29(35,28(39)33-22-8-4-7-11-25(22)36(18-15-30)19-16-31)37-17-14-21(20-37)32-26(38)12-13-27(43(2)3)44(40,41)42/h4-11,14,17,20,27,34H,12-13,15-16,18-19H2,1-3H3,(H2-,32,33,38,39,40,41,42)/p+1. The number of nitrogens with one attached hydrogen (secondary N) is 3. The van der Waals surface area contributed by atoms with Gasteiger partial charge in [-0.15, -0.1) is 23.2 Å². The number of carbonyl (C=O) groups is 2. The Hall–Kier alpha value is -3.10. The first-order valence-corrected chi connectivity index (χ1v) is 18.5. The normalized spacial score (nSPS) is 16.8. The molecule has 2 aromatic carbocycles. The molecule has 2 unspecified atom stereocenters. The fraction of sp³-hybridized carbons (Fsp3) is 0.379. The first-order valence-electron chi connectivity index (χ1n) is 13.8. The molecule has 1 aliphatic heterocycles. The first-order chi connectivity index (χ1) is 20.9. The third-order valence-electron chi connectivity index (χ3n) is 7.39. The molecule has 0 bridgehead atoms. The SMILES string of the molecule is CN1c2ccccc2NC1(C(=O)Nc1ccccc1N(CCCl)CCCl)n1ccc(NC(=O)CCC([S+](C)C)S(=O)(=O)O)c1.